The molecule has 2 aromatic carbocycles. The number of hydrogen-bond donors (Lipinski definition) is 2. The molecule has 32 heavy (non-hydrogen) atoms. The van der Waals surface area contributed by atoms with Crippen molar-refractivity contribution >= 4 is 28.5 Å². The average Bonchev–Trinajstić information content (AvgIpc) is 3.25. The van der Waals surface area contributed by atoms with E-state index >= 15 is 0 Å². The van der Waals surface area contributed by atoms with Crippen LogP contribution in [0, 0.1) is 0 Å². The minimum absolute atomic E-state index is 0.0175. The second kappa shape index (κ2) is 9.64. The van der Waals surface area contributed by atoms with Crippen LogP contribution in [0.5, 0.6) is 0 Å². The number of benzene rings is 2. The first-order valence-electron chi connectivity index (χ1n) is 10.8. The lowest BCUT2D eigenvalue weighted by Gasteiger charge is -2.32. The fraction of sp³-hybridized carbons (Fsp3) is 0.333. The third-order valence-corrected chi connectivity index (χ3v) is 5.82. The number of carbonyl (C=O) groups excluding carboxylic acids is 3. The topological polar surface area (TPSA) is 96.3 Å². The monoisotopic (exact) mass is 433 g/mol. The molecule has 1 saturated heterocycles. The van der Waals surface area contributed by atoms with Gasteiger partial charge in [0.1, 0.15) is 0 Å². The second-order valence-electron chi connectivity index (χ2n) is 8.12. The number of nitrogens with zero attached hydrogens (tertiary/aromatic N) is 3. The zero-order chi connectivity index (χ0) is 22.5. The summed E-state index contributed by atoms with van der Waals surface area (Å²) in [6.45, 7) is 1.09. The zero-order valence-electron chi connectivity index (χ0n) is 18.1. The van der Waals surface area contributed by atoms with Gasteiger partial charge in [-0.15, -0.1) is 0 Å². The third-order valence-electron chi connectivity index (χ3n) is 5.82. The molecular weight excluding hydrogens is 406 g/mol. The summed E-state index contributed by atoms with van der Waals surface area (Å²) in [4.78, 5) is 38.9. The lowest BCUT2D eigenvalue weighted by atomic mass is 10.0. The van der Waals surface area contributed by atoms with Gasteiger partial charge in [0, 0.05) is 32.4 Å². The maximum absolute atomic E-state index is 12.5. The highest BCUT2D eigenvalue weighted by atomic mass is 16.2. The minimum atomic E-state index is -0.173. The van der Waals surface area contributed by atoms with E-state index in [0.717, 1.165) is 16.3 Å². The molecule has 1 aliphatic rings. The Morgan fingerprint density at radius 3 is 2.56 bits per heavy atom. The molecule has 8 nitrogen and oxygen atoms in total. The SMILES string of the molecule is Cn1cc(C(=O)NC2CCN(C(=O)CNC(=O)Cc3cccc4ccccc34)CC2)cn1. The van der Waals surface area contributed by atoms with Crippen LogP contribution >= 0.6 is 0 Å². The minimum Gasteiger partial charge on any atom is -0.349 e. The van der Waals surface area contributed by atoms with E-state index in [-0.39, 0.29) is 36.7 Å². The molecule has 166 valence electrons. The molecular formula is C24H27N5O3. The lowest BCUT2D eigenvalue weighted by Crippen LogP contribution is -2.49. The first kappa shape index (κ1) is 21.5. The number of piperidine rings is 1. The largest absolute Gasteiger partial charge is 0.349 e. The molecule has 2 N–H and O–H groups in total. The van der Waals surface area contributed by atoms with Crippen LogP contribution in [0.2, 0.25) is 0 Å². The maximum atomic E-state index is 12.5. The molecule has 0 bridgehead atoms. The van der Waals surface area contributed by atoms with E-state index in [1.807, 2.05) is 42.5 Å². The van der Waals surface area contributed by atoms with Crippen LogP contribution in [0.4, 0.5) is 0 Å². The molecule has 0 saturated carbocycles. The van der Waals surface area contributed by atoms with Crippen LogP contribution < -0.4 is 10.6 Å². The highest BCUT2D eigenvalue weighted by Gasteiger charge is 2.24. The molecule has 0 radical (unpaired) electrons. The molecule has 1 aromatic heterocycles. The summed E-state index contributed by atoms with van der Waals surface area (Å²) in [6, 6.07) is 13.9. The summed E-state index contributed by atoms with van der Waals surface area (Å²) < 4.78 is 1.59. The van der Waals surface area contributed by atoms with E-state index in [1.54, 1.807) is 22.8 Å². The van der Waals surface area contributed by atoms with Gasteiger partial charge in [-0.3, -0.25) is 19.1 Å². The summed E-state index contributed by atoms with van der Waals surface area (Å²) in [5.74, 6) is -0.426. The van der Waals surface area contributed by atoms with Crippen molar-refractivity contribution in [3.63, 3.8) is 0 Å². The first-order chi connectivity index (χ1) is 15.5. The number of aromatic nitrogens is 2. The van der Waals surface area contributed by atoms with Crippen molar-refractivity contribution in [1.82, 2.24) is 25.3 Å². The Morgan fingerprint density at radius 2 is 1.81 bits per heavy atom. The maximum Gasteiger partial charge on any atom is 0.254 e. The van der Waals surface area contributed by atoms with E-state index in [0.29, 0.717) is 31.5 Å². The molecule has 4 rings (SSSR count). The normalized spacial score (nSPS) is 14.3. The predicted molar refractivity (Wildman–Crippen MR) is 121 cm³/mol. The molecule has 1 fully saturated rings. The number of carbonyl (C=O) groups is 3. The molecule has 2 heterocycles. The smallest absolute Gasteiger partial charge is 0.254 e. The van der Waals surface area contributed by atoms with Crippen LogP contribution in [-0.4, -0.2) is 58.1 Å². The van der Waals surface area contributed by atoms with Crippen molar-refractivity contribution in [3.8, 4) is 0 Å². The number of amides is 3. The summed E-state index contributed by atoms with van der Waals surface area (Å²) in [5.41, 5.74) is 1.47. The number of nitrogens with one attached hydrogen (secondary N) is 2. The number of fused-ring (bicyclic) bond motifs is 1. The Balaban J connectivity index is 1.22. The fourth-order valence-electron chi connectivity index (χ4n) is 4.05. The van der Waals surface area contributed by atoms with Crippen LogP contribution in [0.1, 0.15) is 28.8 Å². The number of hydrogen-bond acceptors (Lipinski definition) is 4. The van der Waals surface area contributed by atoms with Gasteiger partial charge in [0.2, 0.25) is 11.8 Å². The highest BCUT2D eigenvalue weighted by molar-refractivity contribution is 5.94. The Kier molecular flexibility index (Phi) is 6.49. The van der Waals surface area contributed by atoms with Crippen molar-refractivity contribution in [1.29, 1.82) is 0 Å². The van der Waals surface area contributed by atoms with E-state index in [4.69, 9.17) is 0 Å². The van der Waals surface area contributed by atoms with Crippen LogP contribution in [0.3, 0.4) is 0 Å². The predicted octanol–water partition coefficient (Wildman–Crippen LogP) is 1.65. The molecule has 0 unspecified atom stereocenters. The van der Waals surface area contributed by atoms with Crippen molar-refractivity contribution in [3.05, 3.63) is 66.0 Å². The molecule has 0 atom stereocenters. The lowest BCUT2D eigenvalue weighted by molar-refractivity contribution is -0.133. The van der Waals surface area contributed by atoms with Gasteiger partial charge in [0.25, 0.3) is 5.91 Å². The van der Waals surface area contributed by atoms with Gasteiger partial charge in [-0.2, -0.15) is 5.10 Å². The van der Waals surface area contributed by atoms with Crippen molar-refractivity contribution < 1.29 is 14.4 Å². The molecule has 1 aliphatic heterocycles. The van der Waals surface area contributed by atoms with E-state index < -0.39 is 0 Å². The Hall–Kier alpha value is -3.68. The Bertz CT molecular complexity index is 1130. The summed E-state index contributed by atoms with van der Waals surface area (Å²) in [7, 11) is 1.77. The van der Waals surface area contributed by atoms with Gasteiger partial charge < -0.3 is 15.5 Å². The first-order valence-corrected chi connectivity index (χ1v) is 10.8. The van der Waals surface area contributed by atoms with Gasteiger partial charge >= 0.3 is 0 Å². The summed E-state index contributed by atoms with van der Waals surface area (Å²) >= 11 is 0. The second-order valence-corrected chi connectivity index (χ2v) is 8.12. The average molecular weight is 434 g/mol. The van der Waals surface area contributed by atoms with Gasteiger partial charge in [-0.25, -0.2) is 0 Å². The zero-order valence-corrected chi connectivity index (χ0v) is 18.1. The Labute approximate surface area is 186 Å². The Morgan fingerprint density at radius 1 is 1.06 bits per heavy atom. The van der Waals surface area contributed by atoms with Gasteiger partial charge in [0.15, 0.2) is 0 Å². The molecule has 0 spiro atoms. The third kappa shape index (κ3) is 5.14. The van der Waals surface area contributed by atoms with Crippen molar-refractivity contribution in [2.75, 3.05) is 19.6 Å². The standard InChI is InChI=1S/C24H27N5O3/c1-28-16-19(14-26-28)24(32)27-20-9-11-29(12-10-20)23(31)15-25-22(30)13-18-7-4-6-17-5-2-3-8-21(17)18/h2-8,14,16,20H,9-13,15H2,1H3,(H,25,30)(H,27,32). The van der Waals surface area contributed by atoms with Gasteiger partial charge in [0.05, 0.1) is 24.7 Å². The van der Waals surface area contributed by atoms with Crippen molar-refractivity contribution in [2.45, 2.75) is 25.3 Å². The van der Waals surface area contributed by atoms with E-state index in [1.165, 1.54) is 6.20 Å². The molecule has 0 aliphatic carbocycles. The molecule has 3 aromatic rings. The highest BCUT2D eigenvalue weighted by Crippen LogP contribution is 2.19. The van der Waals surface area contributed by atoms with Crippen molar-refractivity contribution in [2.24, 2.45) is 7.05 Å². The van der Waals surface area contributed by atoms with Gasteiger partial charge in [-0.1, -0.05) is 42.5 Å². The van der Waals surface area contributed by atoms with E-state index in [2.05, 4.69) is 15.7 Å². The quantitative estimate of drug-likeness (QED) is 0.618. The molecule has 8 heteroatoms. The number of likely N-dealkylation sites (tertiary alicyclic amines) is 1. The summed E-state index contributed by atoms with van der Waals surface area (Å²) in [5, 5.41) is 11.9. The van der Waals surface area contributed by atoms with Gasteiger partial charge in [-0.05, 0) is 29.2 Å². The van der Waals surface area contributed by atoms with Crippen LogP contribution in [0.15, 0.2) is 54.9 Å². The summed E-state index contributed by atoms with van der Waals surface area (Å²) in [6.07, 6.45) is 4.81. The fourth-order valence-corrected chi connectivity index (χ4v) is 4.05. The van der Waals surface area contributed by atoms with Crippen LogP contribution in [0.25, 0.3) is 10.8 Å². The van der Waals surface area contributed by atoms with Crippen LogP contribution in [-0.2, 0) is 23.1 Å². The number of aryl methyl sites for hydroxylation is 1. The molecule has 3 amide bonds. The van der Waals surface area contributed by atoms with E-state index in [9.17, 15) is 14.4 Å². The number of rotatable bonds is 6.